The number of likely N-dealkylation sites (tertiary alicyclic amines) is 1. The number of hydrogen-bond donors (Lipinski definition) is 0. The van der Waals surface area contributed by atoms with E-state index in [1.54, 1.807) is 25.5 Å². The van der Waals surface area contributed by atoms with E-state index in [0.717, 1.165) is 44.4 Å². The molecule has 0 aliphatic carbocycles. The molecule has 2 aliphatic rings. The van der Waals surface area contributed by atoms with Crippen molar-refractivity contribution < 1.29 is 18.4 Å². The summed E-state index contributed by atoms with van der Waals surface area (Å²) in [6, 6.07) is 14.0. The Morgan fingerprint density at radius 3 is 2.79 bits per heavy atom. The van der Waals surface area contributed by atoms with Crippen LogP contribution in [0.25, 0.3) is 11.7 Å². The standard InChI is InChI=1S/C26H28N4O4/c1-32-21-7-2-5-18(16-21)15-20-6-3-11-30(20)25(31)19-9-12-29(13-10-19)26-22(17-27)28-24(34-26)23-8-4-14-33-23/h2,4-5,7-8,14,16,19-20H,3,6,9-13,15H2,1H3. The average Bonchev–Trinajstić information content (AvgIpc) is 3.64. The van der Waals surface area contributed by atoms with Gasteiger partial charge in [-0.15, -0.1) is 0 Å². The second-order valence-corrected chi connectivity index (χ2v) is 8.91. The summed E-state index contributed by atoms with van der Waals surface area (Å²) in [6.45, 7) is 2.11. The van der Waals surface area contributed by atoms with Crippen LogP contribution < -0.4 is 9.64 Å². The summed E-state index contributed by atoms with van der Waals surface area (Å²) in [5, 5.41) is 9.53. The Kier molecular flexibility index (Phi) is 6.26. The summed E-state index contributed by atoms with van der Waals surface area (Å²) in [7, 11) is 1.67. The molecule has 1 aromatic carbocycles. The maximum atomic E-state index is 13.4. The van der Waals surface area contributed by atoms with E-state index in [4.69, 9.17) is 13.6 Å². The zero-order valence-electron chi connectivity index (χ0n) is 19.3. The molecule has 3 aromatic rings. The molecule has 0 saturated carbocycles. The van der Waals surface area contributed by atoms with Crippen molar-refractivity contribution in [2.24, 2.45) is 5.92 Å². The van der Waals surface area contributed by atoms with Crippen LogP contribution in [0.5, 0.6) is 5.75 Å². The summed E-state index contributed by atoms with van der Waals surface area (Å²) in [4.78, 5) is 21.8. The van der Waals surface area contributed by atoms with Crippen molar-refractivity contribution in [3.63, 3.8) is 0 Å². The summed E-state index contributed by atoms with van der Waals surface area (Å²) in [5.74, 6) is 2.33. The van der Waals surface area contributed by atoms with Crippen LogP contribution >= 0.6 is 0 Å². The average molecular weight is 461 g/mol. The molecule has 2 aromatic heterocycles. The Hall–Kier alpha value is -3.73. The number of piperidine rings is 1. The fraction of sp³-hybridized carbons (Fsp3) is 0.423. The predicted octanol–water partition coefficient (Wildman–Crippen LogP) is 4.26. The van der Waals surface area contributed by atoms with Gasteiger partial charge in [-0.3, -0.25) is 4.79 Å². The smallest absolute Gasteiger partial charge is 0.266 e. The van der Waals surface area contributed by atoms with Gasteiger partial charge in [-0.1, -0.05) is 12.1 Å². The van der Waals surface area contributed by atoms with Gasteiger partial charge in [0.15, 0.2) is 5.76 Å². The lowest BCUT2D eigenvalue weighted by molar-refractivity contribution is -0.137. The van der Waals surface area contributed by atoms with Gasteiger partial charge in [-0.2, -0.15) is 10.2 Å². The first kappa shape index (κ1) is 22.1. The van der Waals surface area contributed by atoms with Gasteiger partial charge in [-0.25, -0.2) is 0 Å². The zero-order chi connectivity index (χ0) is 23.5. The summed E-state index contributed by atoms with van der Waals surface area (Å²) < 4.78 is 16.6. The maximum Gasteiger partial charge on any atom is 0.266 e. The van der Waals surface area contributed by atoms with Crippen LogP contribution in [0.4, 0.5) is 5.88 Å². The topological polar surface area (TPSA) is 95.7 Å². The molecule has 0 N–H and O–H groups in total. The molecule has 1 atom stereocenters. The SMILES string of the molecule is COc1cccc(CC2CCCN2C(=O)C2CCN(c3oc(-c4ccco4)nc3C#N)CC2)c1. The largest absolute Gasteiger partial charge is 0.497 e. The van der Waals surface area contributed by atoms with Crippen molar-refractivity contribution in [2.75, 3.05) is 31.6 Å². The lowest BCUT2D eigenvalue weighted by Gasteiger charge is -2.34. The first-order chi connectivity index (χ1) is 16.7. The number of oxazole rings is 1. The van der Waals surface area contributed by atoms with Gasteiger partial charge < -0.3 is 23.4 Å². The molecule has 0 radical (unpaired) electrons. The van der Waals surface area contributed by atoms with Crippen LogP contribution in [-0.2, 0) is 11.2 Å². The highest BCUT2D eigenvalue weighted by Crippen LogP contribution is 2.33. The molecular formula is C26H28N4O4. The monoisotopic (exact) mass is 460 g/mol. The maximum absolute atomic E-state index is 13.4. The molecule has 1 amide bonds. The first-order valence-electron chi connectivity index (χ1n) is 11.8. The lowest BCUT2D eigenvalue weighted by atomic mass is 9.94. The minimum absolute atomic E-state index is 0.0137. The van der Waals surface area contributed by atoms with E-state index in [2.05, 4.69) is 28.1 Å². The molecule has 1 unspecified atom stereocenters. The van der Waals surface area contributed by atoms with Gasteiger partial charge in [0.2, 0.25) is 17.5 Å². The Labute approximate surface area is 198 Å². The van der Waals surface area contributed by atoms with Crippen LogP contribution in [0.15, 0.2) is 51.5 Å². The Bertz CT molecular complexity index is 1170. The second kappa shape index (κ2) is 9.64. The van der Waals surface area contributed by atoms with Crippen LogP contribution in [0.2, 0.25) is 0 Å². The second-order valence-electron chi connectivity index (χ2n) is 8.91. The van der Waals surface area contributed by atoms with Crippen LogP contribution in [0.1, 0.15) is 36.9 Å². The van der Waals surface area contributed by atoms with Crippen LogP contribution in [-0.4, -0.2) is 48.6 Å². The molecule has 8 nitrogen and oxygen atoms in total. The molecule has 176 valence electrons. The molecule has 2 fully saturated rings. The Morgan fingerprint density at radius 2 is 2.06 bits per heavy atom. The fourth-order valence-corrected chi connectivity index (χ4v) is 5.08. The molecule has 5 rings (SSSR count). The normalized spacial score (nSPS) is 18.8. The van der Waals surface area contributed by atoms with Gasteiger partial charge >= 0.3 is 0 Å². The molecule has 34 heavy (non-hydrogen) atoms. The number of ether oxygens (including phenoxy) is 1. The number of rotatable bonds is 6. The predicted molar refractivity (Wildman–Crippen MR) is 125 cm³/mol. The number of nitriles is 1. The van der Waals surface area contributed by atoms with Crippen molar-refractivity contribution >= 4 is 11.8 Å². The summed E-state index contributed by atoms with van der Waals surface area (Å²) in [6.07, 6.45) is 5.91. The first-order valence-corrected chi connectivity index (χ1v) is 11.8. The molecule has 2 aliphatic heterocycles. The van der Waals surface area contributed by atoms with Crippen LogP contribution in [0.3, 0.4) is 0 Å². The number of amides is 1. The van der Waals surface area contributed by atoms with Crippen molar-refractivity contribution in [3.8, 4) is 23.5 Å². The Balaban J connectivity index is 1.22. The third kappa shape index (κ3) is 4.38. The van der Waals surface area contributed by atoms with Gasteiger partial charge in [0.25, 0.3) is 5.89 Å². The van der Waals surface area contributed by atoms with Gasteiger partial charge in [0, 0.05) is 31.6 Å². The van der Waals surface area contributed by atoms with Gasteiger partial charge in [0.05, 0.1) is 13.4 Å². The van der Waals surface area contributed by atoms with E-state index < -0.39 is 0 Å². The van der Waals surface area contributed by atoms with Crippen molar-refractivity contribution in [3.05, 3.63) is 53.9 Å². The lowest BCUT2D eigenvalue weighted by Crippen LogP contribution is -2.45. The number of aromatic nitrogens is 1. The third-order valence-electron chi connectivity index (χ3n) is 6.84. The van der Waals surface area contributed by atoms with E-state index in [1.807, 2.05) is 17.0 Å². The molecular weight excluding hydrogens is 432 g/mol. The number of carbonyl (C=O) groups excluding carboxylic acids is 1. The van der Waals surface area contributed by atoms with E-state index in [9.17, 15) is 10.1 Å². The minimum atomic E-state index is -0.0137. The number of hydrogen-bond acceptors (Lipinski definition) is 7. The highest BCUT2D eigenvalue weighted by molar-refractivity contribution is 5.80. The number of anilines is 1. The molecule has 2 saturated heterocycles. The Morgan fingerprint density at radius 1 is 1.21 bits per heavy atom. The van der Waals surface area contributed by atoms with Crippen molar-refractivity contribution in [1.29, 1.82) is 5.26 Å². The van der Waals surface area contributed by atoms with E-state index in [-0.39, 0.29) is 23.6 Å². The summed E-state index contributed by atoms with van der Waals surface area (Å²) in [5.41, 5.74) is 1.44. The molecule has 0 bridgehead atoms. The van der Waals surface area contributed by atoms with E-state index >= 15 is 0 Å². The van der Waals surface area contributed by atoms with Crippen molar-refractivity contribution in [1.82, 2.24) is 9.88 Å². The number of nitrogens with zero attached hydrogens (tertiary/aromatic N) is 4. The zero-order valence-corrected chi connectivity index (χ0v) is 19.3. The number of furan rings is 1. The molecule has 4 heterocycles. The fourth-order valence-electron chi connectivity index (χ4n) is 5.08. The highest BCUT2D eigenvalue weighted by Gasteiger charge is 2.36. The molecule has 8 heteroatoms. The number of benzene rings is 1. The summed E-state index contributed by atoms with van der Waals surface area (Å²) >= 11 is 0. The molecule has 0 spiro atoms. The quantitative estimate of drug-likeness (QED) is 0.542. The van der Waals surface area contributed by atoms with Crippen molar-refractivity contribution in [2.45, 2.75) is 38.1 Å². The third-order valence-corrected chi connectivity index (χ3v) is 6.84. The number of carbonyl (C=O) groups is 1. The van der Waals surface area contributed by atoms with E-state index in [1.165, 1.54) is 5.56 Å². The number of methoxy groups -OCH3 is 1. The van der Waals surface area contributed by atoms with Gasteiger partial charge in [-0.05, 0) is 61.9 Å². The minimum Gasteiger partial charge on any atom is -0.497 e. The van der Waals surface area contributed by atoms with Crippen LogP contribution in [0, 0.1) is 17.2 Å². The highest BCUT2D eigenvalue weighted by atomic mass is 16.5. The van der Waals surface area contributed by atoms with E-state index in [0.29, 0.717) is 30.6 Å². The van der Waals surface area contributed by atoms with Gasteiger partial charge in [0.1, 0.15) is 11.8 Å².